The number of hydrogen-bond donors (Lipinski definition) is 1. The van der Waals surface area contributed by atoms with E-state index < -0.39 is 0 Å². The molecular formula is C11H16FN. The van der Waals surface area contributed by atoms with Gasteiger partial charge in [0, 0.05) is 6.04 Å². The van der Waals surface area contributed by atoms with Gasteiger partial charge in [0.05, 0.1) is 0 Å². The van der Waals surface area contributed by atoms with Crippen LogP contribution in [0.3, 0.4) is 0 Å². The molecule has 0 aliphatic carbocycles. The summed E-state index contributed by atoms with van der Waals surface area (Å²) in [6.45, 7) is 4.18. The molecule has 0 aromatic heterocycles. The molecular weight excluding hydrogens is 165 g/mol. The van der Waals surface area contributed by atoms with Crippen molar-refractivity contribution in [2.24, 2.45) is 11.7 Å². The van der Waals surface area contributed by atoms with Gasteiger partial charge in [-0.25, -0.2) is 4.39 Å². The predicted octanol–water partition coefficient (Wildman–Crippen LogP) is 2.35. The monoisotopic (exact) mass is 181 g/mol. The van der Waals surface area contributed by atoms with Crippen molar-refractivity contribution in [1.29, 1.82) is 0 Å². The molecule has 0 radical (unpaired) electrons. The Labute approximate surface area is 78.8 Å². The fourth-order valence-electron chi connectivity index (χ4n) is 1.13. The van der Waals surface area contributed by atoms with Crippen LogP contribution in [0.15, 0.2) is 24.3 Å². The summed E-state index contributed by atoms with van der Waals surface area (Å²) >= 11 is 0. The van der Waals surface area contributed by atoms with E-state index >= 15 is 0 Å². The molecule has 0 aliphatic rings. The van der Waals surface area contributed by atoms with Crippen LogP contribution in [0, 0.1) is 11.7 Å². The van der Waals surface area contributed by atoms with Gasteiger partial charge in [0.25, 0.3) is 0 Å². The second-order valence-corrected chi connectivity index (χ2v) is 3.74. The minimum absolute atomic E-state index is 0.158. The van der Waals surface area contributed by atoms with Crippen LogP contribution in [0.1, 0.15) is 19.4 Å². The van der Waals surface area contributed by atoms with E-state index in [1.807, 2.05) is 0 Å². The van der Waals surface area contributed by atoms with Crippen molar-refractivity contribution in [3.05, 3.63) is 35.6 Å². The third-order valence-electron chi connectivity index (χ3n) is 2.24. The highest BCUT2D eigenvalue weighted by Gasteiger charge is 2.07. The lowest BCUT2D eigenvalue weighted by Crippen LogP contribution is -2.28. The molecule has 1 aromatic rings. The first-order chi connectivity index (χ1) is 6.09. The molecule has 0 fully saturated rings. The summed E-state index contributed by atoms with van der Waals surface area (Å²) in [6.07, 6.45) is 0.817. The van der Waals surface area contributed by atoms with Gasteiger partial charge >= 0.3 is 0 Å². The topological polar surface area (TPSA) is 26.0 Å². The molecule has 2 heteroatoms. The number of nitrogens with two attached hydrogens (primary N) is 1. The fraction of sp³-hybridized carbons (Fsp3) is 0.455. The largest absolute Gasteiger partial charge is 0.327 e. The van der Waals surface area contributed by atoms with E-state index in [-0.39, 0.29) is 11.9 Å². The minimum atomic E-state index is -0.193. The van der Waals surface area contributed by atoms with E-state index in [0.717, 1.165) is 12.0 Å². The van der Waals surface area contributed by atoms with Gasteiger partial charge in [0.1, 0.15) is 5.82 Å². The Bertz CT molecular complexity index is 253. The van der Waals surface area contributed by atoms with Crippen LogP contribution in [0.2, 0.25) is 0 Å². The molecule has 1 aromatic carbocycles. The Balaban J connectivity index is 2.59. The maximum Gasteiger partial charge on any atom is 0.123 e. The summed E-state index contributed by atoms with van der Waals surface area (Å²) in [6, 6.07) is 6.69. The molecule has 72 valence electrons. The zero-order valence-corrected chi connectivity index (χ0v) is 8.13. The molecule has 0 heterocycles. The quantitative estimate of drug-likeness (QED) is 0.761. The highest BCUT2D eigenvalue weighted by atomic mass is 19.1. The van der Waals surface area contributed by atoms with E-state index in [1.54, 1.807) is 12.1 Å². The fourth-order valence-corrected chi connectivity index (χ4v) is 1.13. The minimum Gasteiger partial charge on any atom is -0.327 e. The van der Waals surface area contributed by atoms with Crippen molar-refractivity contribution >= 4 is 0 Å². The Morgan fingerprint density at radius 2 is 1.77 bits per heavy atom. The molecule has 13 heavy (non-hydrogen) atoms. The summed E-state index contributed by atoms with van der Waals surface area (Å²) in [4.78, 5) is 0. The molecule has 0 spiro atoms. The SMILES string of the molecule is CC(C)C(N)Cc1ccc(F)cc1. The van der Waals surface area contributed by atoms with Crippen LogP contribution in [0.25, 0.3) is 0 Å². The van der Waals surface area contributed by atoms with Crippen molar-refractivity contribution in [3.63, 3.8) is 0 Å². The second kappa shape index (κ2) is 4.38. The van der Waals surface area contributed by atoms with Crippen molar-refractivity contribution in [2.75, 3.05) is 0 Å². The third kappa shape index (κ3) is 3.15. The van der Waals surface area contributed by atoms with Crippen LogP contribution in [0.5, 0.6) is 0 Å². The number of benzene rings is 1. The Kier molecular flexibility index (Phi) is 3.43. The van der Waals surface area contributed by atoms with E-state index in [4.69, 9.17) is 5.73 Å². The highest BCUT2D eigenvalue weighted by molar-refractivity contribution is 5.17. The van der Waals surface area contributed by atoms with Gasteiger partial charge in [-0.05, 0) is 30.0 Å². The molecule has 1 atom stereocenters. The lowest BCUT2D eigenvalue weighted by atomic mass is 9.97. The van der Waals surface area contributed by atoms with Crippen molar-refractivity contribution in [3.8, 4) is 0 Å². The summed E-state index contributed by atoms with van der Waals surface area (Å²) in [5.41, 5.74) is 6.99. The summed E-state index contributed by atoms with van der Waals surface area (Å²) in [5, 5.41) is 0. The highest BCUT2D eigenvalue weighted by Crippen LogP contribution is 2.09. The molecule has 0 saturated heterocycles. The van der Waals surface area contributed by atoms with Gasteiger partial charge in [0.15, 0.2) is 0 Å². The van der Waals surface area contributed by atoms with Crippen LogP contribution < -0.4 is 5.73 Å². The molecule has 0 saturated carbocycles. The molecule has 0 aliphatic heterocycles. The summed E-state index contributed by atoms with van der Waals surface area (Å²) in [5.74, 6) is 0.270. The van der Waals surface area contributed by atoms with Gasteiger partial charge in [-0.2, -0.15) is 0 Å². The lowest BCUT2D eigenvalue weighted by Gasteiger charge is -2.15. The van der Waals surface area contributed by atoms with E-state index in [1.165, 1.54) is 12.1 Å². The first-order valence-electron chi connectivity index (χ1n) is 4.59. The van der Waals surface area contributed by atoms with Crippen LogP contribution in [-0.2, 0) is 6.42 Å². The van der Waals surface area contributed by atoms with Gasteiger partial charge < -0.3 is 5.73 Å². The van der Waals surface area contributed by atoms with Gasteiger partial charge in [-0.15, -0.1) is 0 Å². The molecule has 0 bridgehead atoms. The molecule has 1 nitrogen and oxygen atoms in total. The number of rotatable bonds is 3. The van der Waals surface area contributed by atoms with Crippen molar-refractivity contribution < 1.29 is 4.39 Å². The average molecular weight is 181 g/mol. The molecule has 2 N–H and O–H groups in total. The van der Waals surface area contributed by atoms with E-state index in [0.29, 0.717) is 5.92 Å². The predicted molar refractivity (Wildman–Crippen MR) is 52.9 cm³/mol. The van der Waals surface area contributed by atoms with Gasteiger partial charge in [0.2, 0.25) is 0 Å². The third-order valence-corrected chi connectivity index (χ3v) is 2.24. The maximum absolute atomic E-state index is 12.6. The zero-order valence-electron chi connectivity index (χ0n) is 8.13. The van der Waals surface area contributed by atoms with Gasteiger partial charge in [-0.3, -0.25) is 0 Å². The standard InChI is InChI=1S/C11H16FN/c1-8(2)11(13)7-9-3-5-10(12)6-4-9/h3-6,8,11H,7,13H2,1-2H3. The van der Waals surface area contributed by atoms with Crippen LogP contribution >= 0.6 is 0 Å². The van der Waals surface area contributed by atoms with E-state index in [9.17, 15) is 4.39 Å². The maximum atomic E-state index is 12.6. The lowest BCUT2D eigenvalue weighted by molar-refractivity contribution is 0.490. The smallest absolute Gasteiger partial charge is 0.123 e. The molecule has 1 unspecified atom stereocenters. The van der Waals surface area contributed by atoms with Crippen LogP contribution in [0.4, 0.5) is 4.39 Å². The van der Waals surface area contributed by atoms with E-state index in [2.05, 4.69) is 13.8 Å². The van der Waals surface area contributed by atoms with Gasteiger partial charge in [-0.1, -0.05) is 26.0 Å². The summed E-state index contributed by atoms with van der Waals surface area (Å²) < 4.78 is 12.6. The van der Waals surface area contributed by atoms with Crippen molar-refractivity contribution in [1.82, 2.24) is 0 Å². The number of hydrogen-bond acceptors (Lipinski definition) is 1. The van der Waals surface area contributed by atoms with Crippen molar-refractivity contribution in [2.45, 2.75) is 26.3 Å². The molecule has 1 rings (SSSR count). The Morgan fingerprint density at radius 1 is 1.23 bits per heavy atom. The normalized spacial score (nSPS) is 13.3. The first kappa shape index (κ1) is 10.2. The Morgan fingerprint density at radius 3 is 2.23 bits per heavy atom. The zero-order chi connectivity index (χ0) is 9.84. The summed E-state index contributed by atoms with van der Waals surface area (Å²) in [7, 11) is 0. The second-order valence-electron chi connectivity index (χ2n) is 3.74. The number of halogens is 1. The molecule has 0 amide bonds. The Hall–Kier alpha value is -0.890. The van der Waals surface area contributed by atoms with Crippen LogP contribution in [-0.4, -0.2) is 6.04 Å². The first-order valence-corrected chi connectivity index (χ1v) is 4.59. The average Bonchev–Trinajstić information content (AvgIpc) is 2.08.